The second kappa shape index (κ2) is 5.77. The molecule has 0 bridgehead atoms. The molecule has 0 radical (unpaired) electrons. The highest BCUT2D eigenvalue weighted by Gasteiger charge is 2.34. The fourth-order valence-corrected chi connectivity index (χ4v) is 2.12. The number of nitrogen functional groups attached to an aromatic ring is 1. The highest BCUT2D eigenvalue weighted by atomic mass is 19.1. The maximum absolute atomic E-state index is 13.8. The van der Waals surface area contributed by atoms with Gasteiger partial charge in [0.25, 0.3) is 5.91 Å². The number of benzene rings is 1. The molecule has 1 saturated carbocycles. The van der Waals surface area contributed by atoms with Crippen molar-refractivity contribution in [3.63, 3.8) is 0 Å². The minimum Gasteiger partial charge on any atom is -0.396 e. The molecule has 2 rings (SSSR count). The van der Waals surface area contributed by atoms with Crippen LogP contribution >= 0.6 is 0 Å². The molecule has 0 spiro atoms. The van der Waals surface area contributed by atoms with E-state index in [0.717, 1.165) is 25.3 Å². The van der Waals surface area contributed by atoms with Crippen molar-refractivity contribution in [3.8, 4) is 0 Å². The molecule has 0 atom stereocenters. The number of carbonyl (C=O) groups is 1. The summed E-state index contributed by atoms with van der Waals surface area (Å²) in [5, 5.41) is 0. The maximum Gasteiger partial charge on any atom is 0.257 e. The van der Waals surface area contributed by atoms with Gasteiger partial charge in [0.15, 0.2) is 0 Å². The van der Waals surface area contributed by atoms with E-state index in [9.17, 15) is 13.6 Å². The fraction of sp³-hybridized carbons (Fsp3) is 0.533. The van der Waals surface area contributed by atoms with Crippen molar-refractivity contribution in [2.45, 2.75) is 39.2 Å². The maximum atomic E-state index is 13.8. The van der Waals surface area contributed by atoms with Gasteiger partial charge in [0.2, 0.25) is 0 Å². The molecule has 20 heavy (non-hydrogen) atoms. The number of nitrogens with two attached hydrogens (primary N) is 1. The molecule has 2 N–H and O–H groups in total. The second-order valence-corrected chi connectivity index (χ2v) is 5.77. The Bertz CT molecular complexity index is 513. The smallest absolute Gasteiger partial charge is 0.257 e. The van der Waals surface area contributed by atoms with Gasteiger partial charge < -0.3 is 10.6 Å². The third kappa shape index (κ3) is 3.26. The first-order chi connectivity index (χ1) is 9.40. The first-order valence-electron chi connectivity index (χ1n) is 6.95. The van der Waals surface area contributed by atoms with E-state index in [1.165, 1.54) is 0 Å². The van der Waals surface area contributed by atoms with Crippen LogP contribution < -0.4 is 5.73 Å². The van der Waals surface area contributed by atoms with Crippen molar-refractivity contribution < 1.29 is 13.6 Å². The molecular formula is C15H20F2N2O. The van der Waals surface area contributed by atoms with E-state index < -0.39 is 17.5 Å². The molecule has 1 fully saturated rings. The van der Waals surface area contributed by atoms with E-state index in [0.29, 0.717) is 18.5 Å². The molecule has 1 aromatic carbocycles. The van der Waals surface area contributed by atoms with Crippen molar-refractivity contribution in [2.75, 3.05) is 12.3 Å². The summed E-state index contributed by atoms with van der Waals surface area (Å²) in [6.07, 6.45) is 2.75. The van der Waals surface area contributed by atoms with Gasteiger partial charge in [-0.15, -0.1) is 0 Å². The summed E-state index contributed by atoms with van der Waals surface area (Å²) in [7, 11) is 0. The van der Waals surface area contributed by atoms with Gasteiger partial charge >= 0.3 is 0 Å². The third-order valence-corrected chi connectivity index (χ3v) is 3.51. The van der Waals surface area contributed by atoms with Crippen LogP contribution in [0, 0.1) is 17.6 Å². The predicted molar refractivity (Wildman–Crippen MR) is 74.3 cm³/mol. The lowest BCUT2D eigenvalue weighted by Gasteiger charge is -2.24. The molecule has 0 aromatic heterocycles. The number of hydrogen-bond donors (Lipinski definition) is 1. The second-order valence-electron chi connectivity index (χ2n) is 5.77. The highest BCUT2D eigenvalue weighted by molar-refractivity contribution is 5.95. The van der Waals surface area contributed by atoms with Crippen molar-refractivity contribution in [2.24, 2.45) is 5.92 Å². The van der Waals surface area contributed by atoms with Gasteiger partial charge in [-0.1, -0.05) is 13.8 Å². The van der Waals surface area contributed by atoms with Gasteiger partial charge in [-0.2, -0.15) is 0 Å². The molecule has 0 unspecified atom stereocenters. The molecule has 5 heteroatoms. The topological polar surface area (TPSA) is 46.3 Å². The van der Waals surface area contributed by atoms with Gasteiger partial charge in [0, 0.05) is 18.7 Å². The zero-order valence-corrected chi connectivity index (χ0v) is 11.8. The first-order valence-corrected chi connectivity index (χ1v) is 6.95. The van der Waals surface area contributed by atoms with Crippen LogP contribution in [0.15, 0.2) is 12.1 Å². The SMILES string of the molecule is CC(C)CCN(C(=O)c1cc(N)c(F)cc1F)C1CC1. The van der Waals surface area contributed by atoms with Crippen molar-refractivity contribution >= 4 is 11.6 Å². The van der Waals surface area contributed by atoms with Crippen LogP contribution in [-0.4, -0.2) is 23.4 Å². The Balaban J connectivity index is 2.21. The van der Waals surface area contributed by atoms with Crippen LogP contribution in [0.25, 0.3) is 0 Å². The number of rotatable bonds is 5. The molecule has 1 aromatic rings. The molecule has 1 amide bonds. The minimum atomic E-state index is -0.850. The van der Waals surface area contributed by atoms with E-state index in [1.807, 2.05) is 0 Å². The Labute approximate surface area is 117 Å². The van der Waals surface area contributed by atoms with E-state index in [4.69, 9.17) is 5.73 Å². The number of amides is 1. The molecule has 0 heterocycles. The Morgan fingerprint density at radius 3 is 2.55 bits per heavy atom. The number of hydrogen-bond acceptors (Lipinski definition) is 2. The Kier molecular flexibility index (Phi) is 4.26. The number of carbonyl (C=O) groups excluding carboxylic acids is 1. The van der Waals surface area contributed by atoms with E-state index in [-0.39, 0.29) is 17.3 Å². The Morgan fingerprint density at radius 1 is 1.35 bits per heavy atom. The lowest BCUT2D eigenvalue weighted by Crippen LogP contribution is -2.35. The van der Waals surface area contributed by atoms with E-state index >= 15 is 0 Å². The predicted octanol–water partition coefficient (Wildman–Crippen LogP) is 3.20. The van der Waals surface area contributed by atoms with Crippen LogP contribution in [-0.2, 0) is 0 Å². The normalized spacial score (nSPS) is 14.7. The molecule has 3 nitrogen and oxygen atoms in total. The standard InChI is InChI=1S/C15H20F2N2O/c1-9(2)5-6-19(10-3-4-10)15(20)11-7-14(18)13(17)8-12(11)16/h7-10H,3-6,18H2,1-2H3. The van der Waals surface area contributed by atoms with Gasteiger partial charge in [-0.25, -0.2) is 8.78 Å². The Hall–Kier alpha value is -1.65. The zero-order chi connectivity index (χ0) is 14.9. The zero-order valence-electron chi connectivity index (χ0n) is 11.8. The van der Waals surface area contributed by atoms with Crippen LogP contribution in [0.2, 0.25) is 0 Å². The quantitative estimate of drug-likeness (QED) is 0.843. The molecule has 0 aliphatic heterocycles. The minimum absolute atomic E-state index is 0.139. The summed E-state index contributed by atoms with van der Waals surface area (Å²) in [5.41, 5.74) is 5.09. The molecule has 1 aliphatic rings. The van der Waals surface area contributed by atoms with Gasteiger partial charge in [-0.05, 0) is 31.2 Å². The van der Waals surface area contributed by atoms with Crippen LogP contribution in [0.5, 0.6) is 0 Å². The summed E-state index contributed by atoms with van der Waals surface area (Å²) < 4.78 is 26.9. The summed E-state index contributed by atoms with van der Waals surface area (Å²) in [4.78, 5) is 14.1. The van der Waals surface area contributed by atoms with Gasteiger partial charge in [0.05, 0.1) is 11.3 Å². The highest BCUT2D eigenvalue weighted by Crippen LogP contribution is 2.30. The Morgan fingerprint density at radius 2 is 2.00 bits per heavy atom. The first kappa shape index (κ1) is 14.8. The van der Waals surface area contributed by atoms with Crippen molar-refractivity contribution in [1.29, 1.82) is 0 Å². The number of halogens is 2. The average molecular weight is 282 g/mol. The molecule has 0 saturated heterocycles. The summed E-state index contributed by atoms with van der Waals surface area (Å²) in [6, 6.07) is 1.96. The van der Waals surface area contributed by atoms with E-state index in [1.54, 1.807) is 4.90 Å². The fourth-order valence-electron chi connectivity index (χ4n) is 2.12. The van der Waals surface area contributed by atoms with Crippen LogP contribution in [0.1, 0.15) is 43.5 Å². The average Bonchev–Trinajstić information content (AvgIpc) is 3.18. The molecular weight excluding hydrogens is 262 g/mol. The van der Waals surface area contributed by atoms with Crippen LogP contribution in [0.3, 0.4) is 0 Å². The van der Waals surface area contributed by atoms with Crippen LogP contribution in [0.4, 0.5) is 14.5 Å². The third-order valence-electron chi connectivity index (χ3n) is 3.51. The monoisotopic (exact) mass is 282 g/mol. The summed E-state index contributed by atoms with van der Waals surface area (Å²) in [6.45, 7) is 4.75. The van der Waals surface area contributed by atoms with Gasteiger partial charge in [0.1, 0.15) is 11.6 Å². The van der Waals surface area contributed by atoms with Crippen molar-refractivity contribution in [3.05, 3.63) is 29.3 Å². The summed E-state index contributed by atoms with van der Waals surface area (Å²) >= 11 is 0. The lowest BCUT2D eigenvalue weighted by molar-refractivity contribution is 0.0730. The summed E-state index contributed by atoms with van der Waals surface area (Å²) in [5.74, 6) is -1.61. The van der Waals surface area contributed by atoms with E-state index in [2.05, 4.69) is 13.8 Å². The lowest BCUT2D eigenvalue weighted by atomic mass is 10.1. The number of nitrogens with zero attached hydrogens (tertiary/aromatic N) is 1. The van der Waals surface area contributed by atoms with Gasteiger partial charge in [-0.3, -0.25) is 4.79 Å². The van der Waals surface area contributed by atoms with Crippen molar-refractivity contribution in [1.82, 2.24) is 4.90 Å². The largest absolute Gasteiger partial charge is 0.396 e. The molecule has 1 aliphatic carbocycles. The number of anilines is 1. The molecule has 110 valence electrons.